The number of ether oxygens (including phenoxy) is 3. The third-order valence-corrected chi connectivity index (χ3v) is 3.87. The van der Waals surface area contributed by atoms with E-state index in [1.54, 1.807) is 7.11 Å². The first-order valence-electron chi connectivity index (χ1n) is 8.44. The van der Waals surface area contributed by atoms with Gasteiger partial charge in [-0.2, -0.15) is 0 Å². The molecule has 1 fully saturated rings. The second-order valence-corrected chi connectivity index (χ2v) is 5.71. The molecule has 0 amide bonds. The van der Waals surface area contributed by atoms with Crippen molar-refractivity contribution >= 4 is 0 Å². The first-order valence-corrected chi connectivity index (χ1v) is 8.44. The number of rotatable bonds is 13. The minimum Gasteiger partial charge on any atom is -0.382 e. The zero-order chi connectivity index (χ0) is 15.2. The van der Waals surface area contributed by atoms with E-state index in [0.29, 0.717) is 26.4 Å². The molecule has 21 heavy (non-hydrogen) atoms. The second-order valence-electron chi connectivity index (χ2n) is 5.71. The van der Waals surface area contributed by atoms with Crippen LogP contribution in [0, 0.1) is 5.92 Å². The highest BCUT2D eigenvalue weighted by atomic mass is 16.5. The van der Waals surface area contributed by atoms with Gasteiger partial charge in [-0.05, 0) is 44.8 Å². The van der Waals surface area contributed by atoms with Crippen molar-refractivity contribution in [3.63, 3.8) is 0 Å². The number of piperidine rings is 1. The molecule has 1 rings (SSSR count). The molecule has 0 aromatic heterocycles. The summed E-state index contributed by atoms with van der Waals surface area (Å²) in [4.78, 5) is 2.56. The summed E-state index contributed by atoms with van der Waals surface area (Å²) in [5.41, 5.74) is 0. The highest BCUT2D eigenvalue weighted by Gasteiger charge is 2.16. The van der Waals surface area contributed by atoms with Gasteiger partial charge in [-0.25, -0.2) is 0 Å². The summed E-state index contributed by atoms with van der Waals surface area (Å²) >= 11 is 0. The molecule has 5 nitrogen and oxygen atoms in total. The molecule has 0 radical (unpaired) electrons. The number of nitrogens with one attached hydrogen (secondary N) is 1. The van der Waals surface area contributed by atoms with Crippen LogP contribution in [0.3, 0.4) is 0 Å². The highest BCUT2D eigenvalue weighted by molar-refractivity contribution is 4.72. The molecule has 1 aliphatic rings. The summed E-state index contributed by atoms with van der Waals surface area (Å²) < 4.78 is 16.0. The van der Waals surface area contributed by atoms with E-state index in [2.05, 4.69) is 17.1 Å². The Morgan fingerprint density at radius 3 is 2.29 bits per heavy atom. The lowest BCUT2D eigenvalue weighted by atomic mass is 9.97. The number of hydrogen-bond acceptors (Lipinski definition) is 5. The molecule has 0 atom stereocenters. The Labute approximate surface area is 130 Å². The van der Waals surface area contributed by atoms with Crippen molar-refractivity contribution in [1.29, 1.82) is 0 Å². The van der Waals surface area contributed by atoms with Gasteiger partial charge in [-0.15, -0.1) is 0 Å². The average molecular weight is 302 g/mol. The molecule has 1 aliphatic heterocycles. The van der Waals surface area contributed by atoms with Crippen LogP contribution in [0.4, 0.5) is 0 Å². The van der Waals surface area contributed by atoms with Gasteiger partial charge in [0.1, 0.15) is 0 Å². The lowest BCUT2D eigenvalue weighted by molar-refractivity contribution is 0.0183. The molecule has 1 saturated heterocycles. The molecule has 0 aromatic rings. The molecule has 0 saturated carbocycles. The van der Waals surface area contributed by atoms with Crippen LogP contribution in [-0.4, -0.2) is 77.8 Å². The lowest BCUT2D eigenvalue weighted by Gasteiger charge is -2.29. The standard InChI is InChI=1S/C16H34N2O3/c1-3-8-18(15-16-4-6-17-7-5-16)9-10-20-13-14-21-12-11-19-2/h16-17H,3-15H2,1-2H3. The minimum atomic E-state index is 0.650. The maximum absolute atomic E-state index is 5.66. The molecule has 126 valence electrons. The maximum atomic E-state index is 5.66. The largest absolute Gasteiger partial charge is 0.382 e. The quantitative estimate of drug-likeness (QED) is 0.521. The summed E-state index contributed by atoms with van der Waals surface area (Å²) in [7, 11) is 1.69. The van der Waals surface area contributed by atoms with E-state index in [0.717, 1.165) is 19.1 Å². The van der Waals surface area contributed by atoms with E-state index in [1.807, 2.05) is 0 Å². The maximum Gasteiger partial charge on any atom is 0.0701 e. The van der Waals surface area contributed by atoms with Gasteiger partial charge in [0.15, 0.2) is 0 Å². The fourth-order valence-electron chi connectivity index (χ4n) is 2.70. The predicted octanol–water partition coefficient (Wildman–Crippen LogP) is 1.38. The van der Waals surface area contributed by atoms with E-state index in [-0.39, 0.29) is 0 Å². The molecule has 0 unspecified atom stereocenters. The second kappa shape index (κ2) is 13.5. The Balaban J connectivity index is 2.02. The van der Waals surface area contributed by atoms with Crippen molar-refractivity contribution in [2.24, 2.45) is 5.92 Å². The van der Waals surface area contributed by atoms with Gasteiger partial charge in [0.2, 0.25) is 0 Å². The van der Waals surface area contributed by atoms with Gasteiger partial charge < -0.3 is 24.4 Å². The van der Waals surface area contributed by atoms with E-state index < -0.39 is 0 Å². The minimum absolute atomic E-state index is 0.650. The Kier molecular flexibility index (Phi) is 12.1. The summed E-state index contributed by atoms with van der Waals surface area (Å²) in [6.07, 6.45) is 3.84. The fourth-order valence-corrected chi connectivity index (χ4v) is 2.70. The lowest BCUT2D eigenvalue weighted by Crippen LogP contribution is -2.38. The van der Waals surface area contributed by atoms with E-state index in [4.69, 9.17) is 14.2 Å². The SMILES string of the molecule is CCCN(CCOCCOCCOC)CC1CCNCC1. The van der Waals surface area contributed by atoms with Crippen LogP contribution in [0.1, 0.15) is 26.2 Å². The molecule has 1 heterocycles. The summed E-state index contributed by atoms with van der Waals surface area (Å²) in [5.74, 6) is 0.857. The number of methoxy groups -OCH3 is 1. The Hall–Kier alpha value is -0.200. The van der Waals surface area contributed by atoms with Gasteiger partial charge in [-0.1, -0.05) is 6.92 Å². The Morgan fingerprint density at radius 1 is 0.952 bits per heavy atom. The van der Waals surface area contributed by atoms with E-state index in [9.17, 15) is 0 Å². The Bertz CT molecular complexity index is 224. The third-order valence-electron chi connectivity index (χ3n) is 3.87. The first-order chi connectivity index (χ1) is 10.4. The molecule has 5 heteroatoms. The normalized spacial score (nSPS) is 16.7. The van der Waals surface area contributed by atoms with Crippen LogP contribution < -0.4 is 5.32 Å². The van der Waals surface area contributed by atoms with Crippen LogP contribution in [0.15, 0.2) is 0 Å². The van der Waals surface area contributed by atoms with Crippen molar-refractivity contribution in [1.82, 2.24) is 10.2 Å². The predicted molar refractivity (Wildman–Crippen MR) is 85.8 cm³/mol. The van der Waals surface area contributed by atoms with Gasteiger partial charge in [0, 0.05) is 20.2 Å². The van der Waals surface area contributed by atoms with Crippen LogP contribution in [0.2, 0.25) is 0 Å². The van der Waals surface area contributed by atoms with Crippen molar-refractivity contribution in [2.75, 3.05) is 72.9 Å². The van der Waals surface area contributed by atoms with Gasteiger partial charge >= 0.3 is 0 Å². The molecule has 0 spiro atoms. The van der Waals surface area contributed by atoms with Gasteiger partial charge in [-0.3, -0.25) is 0 Å². The number of nitrogens with zero attached hydrogens (tertiary/aromatic N) is 1. The van der Waals surface area contributed by atoms with Crippen molar-refractivity contribution in [3.05, 3.63) is 0 Å². The monoisotopic (exact) mass is 302 g/mol. The molecule has 1 N–H and O–H groups in total. The third kappa shape index (κ3) is 10.2. The zero-order valence-electron chi connectivity index (χ0n) is 13.9. The van der Waals surface area contributed by atoms with E-state index in [1.165, 1.54) is 45.4 Å². The Morgan fingerprint density at radius 2 is 1.62 bits per heavy atom. The van der Waals surface area contributed by atoms with Crippen LogP contribution >= 0.6 is 0 Å². The zero-order valence-corrected chi connectivity index (χ0v) is 13.9. The summed E-state index contributed by atoms with van der Waals surface area (Å²) in [6.45, 7) is 11.5. The van der Waals surface area contributed by atoms with Crippen LogP contribution in [-0.2, 0) is 14.2 Å². The van der Waals surface area contributed by atoms with Crippen molar-refractivity contribution in [2.45, 2.75) is 26.2 Å². The van der Waals surface area contributed by atoms with Crippen molar-refractivity contribution in [3.8, 4) is 0 Å². The van der Waals surface area contributed by atoms with Crippen LogP contribution in [0.5, 0.6) is 0 Å². The first kappa shape index (κ1) is 18.8. The summed E-state index contributed by atoms with van der Waals surface area (Å²) in [6, 6.07) is 0. The van der Waals surface area contributed by atoms with Crippen molar-refractivity contribution < 1.29 is 14.2 Å². The van der Waals surface area contributed by atoms with Crippen LogP contribution in [0.25, 0.3) is 0 Å². The molecular formula is C16H34N2O3. The fraction of sp³-hybridized carbons (Fsp3) is 1.00. The van der Waals surface area contributed by atoms with Gasteiger partial charge in [0.25, 0.3) is 0 Å². The van der Waals surface area contributed by atoms with Gasteiger partial charge in [0.05, 0.1) is 33.0 Å². The smallest absolute Gasteiger partial charge is 0.0701 e. The molecule has 0 aliphatic carbocycles. The van der Waals surface area contributed by atoms with E-state index >= 15 is 0 Å². The average Bonchev–Trinajstić information content (AvgIpc) is 2.51. The molecule has 0 bridgehead atoms. The topological polar surface area (TPSA) is 43.0 Å². The number of hydrogen-bond donors (Lipinski definition) is 1. The molecule has 0 aromatic carbocycles. The summed E-state index contributed by atoms with van der Waals surface area (Å²) in [5, 5.41) is 3.43. The molecular weight excluding hydrogens is 268 g/mol. The highest BCUT2D eigenvalue weighted by Crippen LogP contribution is 2.13.